The Balaban J connectivity index is 1.79. The summed E-state index contributed by atoms with van der Waals surface area (Å²) in [6.45, 7) is 13.6. The molecule has 27 heavy (non-hydrogen) atoms. The lowest BCUT2D eigenvalue weighted by atomic mass is 10.1. The summed E-state index contributed by atoms with van der Waals surface area (Å²) in [6, 6.07) is 9.46. The minimum absolute atomic E-state index is 0.453. The number of aromatic nitrogens is 2. The van der Waals surface area contributed by atoms with E-state index < -0.39 is 8.07 Å². The molecule has 6 nitrogen and oxygen atoms in total. The zero-order valence-corrected chi connectivity index (χ0v) is 18.0. The van der Waals surface area contributed by atoms with Gasteiger partial charge in [0.1, 0.15) is 6.73 Å². The summed E-state index contributed by atoms with van der Waals surface area (Å²) in [5.74, 6) is 0. The van der Waals surface area contributed by atoms with Crippen molar-refractivity contribution in [1.82, 2.24) is 9.78 Å². The van der Waals surface area contributed by atoms with Gasteiger partial charge in [-0.25, -0.2) is 4.68 Å². The molecule has 1 aliphatic rings. The number of anilines is 2. The summed E-state index contributed by atoms with van der Waals surface area (Å²) >= 11 is 0. The van der Waals surface area contributed by atoms with E-state index in [1.54, 1.807) is 0 Å². The predicted octanol–water partition coefficient (Wildman–Crippen LogP) is 3.59. The van der Waals surface area contributed by atoms with Crippen molar-refractivity contribution in [2.24, 2.45) is 0 Å². The van der Waals surface area contributed by atoms with E-state index in [1.807, 2.05) is 17.7 Å². The molecule has 0 bridgehead atoms. The number of morpholine rings is 1. The molecule has 0 saturated carbocycles. The Morgan fingerprint density at radius 1 is 1.19 bits per heavy atom. The Morgan fingerprint density at radius 3 is 2.63 bits per heavy atom. The van der Waals surface area contributed by atoms with Crippen LogP contribution in [0, 0.1) is 6.92 Å². The van der Waals surface area contributed by atoms with Gasteiger partial charge in [-0.05, 0) is 37.2 Å². The maximum Gasteiger partial charge on any atom is 0.140 e. The van der Waals surface area contributed by atoms with Gasteiger partial charge >= 0.3 is 0 Å². The van der Waals surface area contributed by atoms with Gasteiger partial charge in [0.15, 0.2) is 0 Å². The Labute approximate surface area is 163 Å². The number of aryl methyl sites for hydroxylation is 1. The van der Waals surface area contributed by atoms with Crippen LogP contribution in [0.3, 0.4) is 0 Å². The maximum atomic E-state index is 6.32. The van der Waals surface area contributed by atoms with Crippen LogP contribution >= 0.6 is 0 Å². The molecule has 1 aliphatic heterocycles. The Hall–Kier alpha value is -1.83. The molecule has 0 amide bonds. The standard InChI is InChI=1S/C20H32N4O2Si/c1-16-13-20(24(22-16)15-26-11-12-27(2,3)4)18-14-17(5-6-19(18)21)23-7-9-25-10-8-23/h5-6,13-14H,7-12,15,21H2,1-4H3. The molecular formula is C20H32N4O2Si. The molecule has 1 aromatic carbocycles. The number of nitrogens with zero attached hydrogens (tertiary/aromatic N) is 3. The van der Waals surface area contributed by atoms with Crippen molar-refractivity contribution < 1.29 is 9.47 Å². The van der Waals surface area contributed by atoms with E-state index in [-0.39, 0.29) is 0 Å². The number of rotatable bonds is 7. The van der Waals surface area contributed by atoms with E-state index in [9.17, 15) is 0 Å². The number of nitrogen functional groups attached to an aromatic ring is 1. The minimum Gasteiger partial charge on any atom is -0.398 e. The highest BCUT2D eigenvalue weighted by molar-refractivity contribution is 6.76. The van der Waals surface area contributed by atoms with Gasteiger partial charge in [0, 0.05) is 44.7 Å². The van der Waals surface area contributed by atoms with Crippen LogP contribution in [0.5, 0.6) is 0 Å². The predicted molar refractivity (Wildman–Crippen MR) is 114 cm³/mol. The first-order valence-electron chi connectivity index (χ1n) is 9.68. The summed E-state index contributed by atoms with van der Waals surface area (Å²) in [4.78, 5) is 2.34. The van der Waals surface area contributed by atoms with Crippen LogP contribution in [-0.2, 0) is 16.2 Å². The van der Waals surface area contributed by atoms with Crippen molar-refractivity contribution >= 4 is 19.4 Å². The molecule has 1 aromatic heterocycles. The van der Waals surface area contributed by atoms with Gasteiger partial charge in [-0.15, -0.1) is 0 Å². The average molecular weight is 389 g/mol. The lowest BCUT2D eigenvalue weighted by molar-refractivity contribution is 0.0796. The van der Waals surface area contributed by atoms with E-state index in [0.717, 1.165) is 61.6 Å². The van der Waals surface area contributed by atoms with Crippen molar-refractivity contribution in [1.29, 1.82) is 0 Å². The molecule has 2 N–H and O–H groups in total. The molecule has 1 fully saturated rings. The van der Waals surface area contributed by atoms with Crippen LogP contribution in [0.1, 0.15) is 5.69 Å². The van der Waals surface area contributed by atoms with Crippen molar-refractivity contribution in [2.75, 3.05) is 43.5 Å². The van der Waals surface area contributed by atoms with Crippen molar-refractivity contribution in [3.8, 4) is 11.3 Å². The van der Waals surface area contributed by atoms with Gasteiger partial charge < -0.3 is 20.1 Å². The fourth-order valence-corrected chi connectivity index (χ4v) is 3.93. The minimum atomic E-state index is -1.09. The summed E-state index contributed by atoms with van der Waals surface area (Å²) < 4.78 is 13.3. The first kappa shape index (κ1) is 19.9. The number of hydrogen-bond acceptors (Lipinski definition) is 5. The molecule has 3 rings (SSSR count). The highest BCUT2D eigenvalue weighted by atomic mass is 28.3. The first-order chi connectivity index (χ1) is 12.8. The smallest absolute Gasteiger partial charge is 0.140 e. The third-order valence-electron chi connectivity index (χ3n) is 4.80. The maximum absolute atomic E-state index is 6.32. The van der Waals surface area contributed by atoms with Gasteiger partial charge in [-0.3, -0.25) is 0 Å². The Bertz CT molecular complexity index is 764. The van der Waals surface area contributed by atoms with Gasteiger partial charge in [-0.2, -0.15) is 5.10 Å². The van der Waals surface area contributed by atoms with Crippen molar-refractivity contribution in [3.05, 3.63) is 30.0 Å². The number of nitrogens with two attached hydrogens (primary N) is 1. The molecule has 1 saturated heterocycles. The molecule has 0 atom stereocenters. The van der Waals surface area contributed by atoms with Crippen molar-refractivity contribution in [3.63, 3.8) is 0 Å². The topological polar surface area (TPSA) is 65.5 Å². The second-order valence-corrected chi connectivity index (χ2v) is 14.0. The SMILES string of the molecule is Cc1cc(-c2cc(N3CCOCC3)ccc2N)n(COCC[Si](C)(C)C)n1. The van der Waals surface area contributed by atoms with E-state index in [0.29, 0.717) is 6.73 Å². The molecule has 2 heterocycles. The van der Waals surface area contributed by atoms with Crippen LogP contribution in [-0.4, -0.2) is 50.8 Å². The molecule has 7 heteroatoms. The molecule has 0 radical (unpaired) electrons. The second kappa shape index (κ2) is 8.46. The van der Waals surface area contributed by atoms with E-state index in [4.69, 9.17) is 15.2 Å². The largest absolute Gasteiger partial charge is 0.398 e. The highest BCUT2D eigenvalue weighted by Crippen LogP contribution is 2.31. The van der Waals surface area contributed by atoms with Gasteiger partial charge in [-0.1, -0.05) is 19.6 Å². The van der Waals surface area contributed by atoms with Crippen molar-refractivity contribution in [2.45, 2.75) is 39.3 Å². The number of benzene rings is 1. The average Bonchev–Trinajstić information content (AvgIpc) is 2.99. The second-order valence-electron chi connectivity index (χ2n) is 8.39. The Morgan fingerprint density at radius 2 is 1.93 bits per heavy atom. The summed E-state index contributed by atoms with van der Waals surface area (Å²) in [7, 11) is -1.09. The molecule has 148 valence electrons. The fourth-order valence-electron chi connectivity index (χ4n) is 3.17. The third-order valence-corrected chi connectivity index (χ3v) is 6.51. The summed E-state index contributed by atoms with van der Waals surface area (Å²) in [6.07, 6.45) is 0. The lowest BCUT2D eigenvalue weighted by Gasteiger charge is -2.29. The van der Waals surface area contributed by atoms with E-state index in [1.165, 1.54) is 5.69 Å². The quantitative estimate of drug-likeness (QED) is 0.446. The third kappa shape index (κ3) is 5.34. The Kier molecular flexibility index (Phi) is 6.24. The number of hydrogen-bond donors (Lipinski definition) is 1. The summed E-state index contributed by atoms with van der Waals surface area (Å²) in [5.41, 5.74) is 11.2. The molecule has 0 aliphatic carbocycles. The summed E-state index contributed by atoms with van der Waals surface area (Å²) in [5, 5.41) is 4.62. The van der Waals surface area contributed by atoms with Crippen LogP contribution in [0.4, 0.5) is 11.4 Å². The molecule has 2 aromatic rings. The number of ether oxygens (including phenoxy) is 2. The van der Waals surface area contributed by atoms with Crippen LogP contribution in [0.25, 0.3) is 11.3 Å². The molecule has 0 spiro atoms. The van der Waals surface area contributed by atoms with Crippen LogP contribution in [0.15, 0.2) is 24.3 Å². The van der Waals surface area contributed by atoms with Crippen LogP contribution in [0.2, 0.25) is 25.7 Å². The van der Waals surface area contributed by atoms with E-state index >= 15 is 0 Å². The van der Waals surface area contributed by atoms with Crippen LogP contribution < -0.4 is 10.6 Å². The van der Waals surface area contributed by atoms with Gasteiger partial charge in [0.05, 0.1) is 24.6 Å². The van der Waals surface area contributed by atoms with Gasteiger partial charge in [0.25, 0.3) is 0 Å². The molecule has 0 unspecified atom stereocenters. The van der Waals surface area contributed by atoms with E-state index in [2.05, 4.69) is 47.8 Å². The fraction of sp³-hybridized carbons (Fsp3) is 0.550. The highest BCUT2D eigenvalue weighted by Gasteiger charge is 2.17. The first-order valence-corrected chi connectivity index (χ1v) is 13.4. The monoisotopic (exact) mass is 388 g/mol. The van der Waals surface area contributed by atoms with Gasteiger partial charge in [0.2, 0.25) is 0 Å². The zero-order valence-electron chi connectivity index (χ0n) is 17.0. The molecular weight excluding hydrogens is 356 g/mol. The normalized spacial score (nSPS) is 15.3. The lowest BCUT2D eigenvalue weighted by Crippen LogP contribution is -2.36. The zero-order chi connectivity index (χ0) is 19.4.